The van der Waals surface area contributed by atoms with Crippen molar-refractivity contribution in [2.75, 3.05) is 6.54 Å². The summed E-state index contributed by atoms with van der Waals surface area (Å²) in [7, 11) is 0. The molecule has 2 unspecified atom stereocenters. The van der Waals surface area contributed by atoms with Gasteiger partial charge in [0.2, 0.25) is 0 Å². The molecule has 18 heavy (non-hydrogen) atoms. The SMILES string of the molecule is CC1NCCCC1NC(=O)c1ccc(Br)c(Cl)c1. The minimum absolute atomic E-state index is 0.0649. The molecule has 0 aromatic heterocycles. The number of rotatable bonds is 2. The van der Waals surface area contributed by atoms with Gasteiger partial charge in [0.05, 0.1) is 5.02 Å². The van der Waals surface area contributed by atoms with Crippen LogP contribution >= 0.6 is 27.5 Å². The topological polar surface area (TPSA) is 41.1 Å². The first-order valence-corrected chi connectivity index (χ1v) is 7.24. The molecule has 98 valence electrons. The van der Waals surface area contributed by atoms with Gasteiger partial charge in [0.1, 0.15) is 0 Å². The summed E-state index contributed by atoms with van der Waals surface area (Å²) >= 11 is 9.30. The molecule has 1 heterocycles. The van der Waals surface area contributed by atoms with Gasteiger partial charge in [-0.2, -0.15) is 0 Å². The minimum Gasteiger partial charge on any atom is -0.348 e. The molecule has 0 aliphatic carbocycles. The molecule has 1 amide bonds. The van der Waals surface area contributed by atoms with Gasteiger partial charge in [-0.05, 0) is 60.4 Å². The second-order valence-electron chi connectivity index (χ2n) is 4.59. The third kappa shape index (κ3) is 3.25. The van der Waals surface area contributed by atoms with E-state index in [0.29, 0.717) is 16.6 Å². The summed E-state index contributed by atoms with van der Waals surface area (Å²) in [6.45, 7) is 3.12. The van der Waals surface area contributed by atoms with Crippen LogP contribution in [0.1, 0.15) is 30.1 Å². The lowest BCUT2D eigenvalue weighted by Gasteiger charge is -2.30. The number of carbonyl (C=O) groups excluding carboxylic acids is 1. The second kappa shape index (κ2) is 6.04. The summed E-state index contributed by atoms with van der Waals surface area (Å²) in [6.07, 6.45) is 2.11. The summed E-state index contributed by atoms with van der Waals surface area (Å²) in [4.78, 5) is 12.1. The van der Waals surface area contributed by atoms with Crippen LogP contribution < -0.4 is 10.6 Å². The largest absolute Gasteiger partial charge is 0.348 e. The molecule has 0 saturated carbocycles. The molecular weight excluding hydrogens is 316 g/mol. The van der Waals surface area contributed by atoms with E-state index < -0.39 is 0 Å². The Morgan fingerprint density at radius 3 is 3.00 bits per heavy atom. The maximum Gasteiger partial charge on any atom is 0.251 e. The fourth-order valence-corrected chi connectivity index (χ4v) is 2.56. The predicted octanol–water partition coefficient (Wildman–Crippen LogP) is 2.97. The van der Waals surface area contributed by atoms with E-state index in [-0.39, 0.29) is 11.9 Å². The van der Waals surface area contributed by atoms with Crippen molar-refractivity contribution in [2.24, 2.45) is 0 Å². The Kier molecular flexibility index (Phi) is 4.65. The molecule has 1 fully saturated rings. The number of halogens is 2. The number of hydrogen-bond acceptors (Lipinski definition) is 2. The summed E-state index contributed by atoms with van der Waals surface area (Å²) in [5.41, 5.74) is 0.598. The highest BCUT2D eigenvalue weighted by Gasteiger charge is 2.22. The van der Waals surface area contributed by atoms with Crippen LogP contribution in [0.5, 0.6) is 0 Å². The predicted molar refractivity (Wildman–Crippen MR) is 77.1 cm³/mol. The molecule has 2 atom stereocenters. The number of hydrogen-bond donors (Lipinski definition) is 2. The van der Waals surface area contributed by atoms with Crippen LogP contribution in [0.2, 0.25) is 5.02 Å². The fraction of sp³-hybridized carbons (Fsp3) is 0.462. The van der Waals surface area contributed by atoms with Gasteiger partial charge in [-0.3, -0.25) is 4.79 Å². The van der Waals surface area contributed by atoms with Crippen molar-refractivity contribution in [3.8, 4) is 0 Å². The molecule has 1 aliphatic heterocycles. The number of amides is 1. The van der Waals surface area contributed by atoms with Gasteiger partial charge < -0.3 is 10.6 Å². The average Bonchev–Trinajstić information content (AvgIpc) is 2.35. The van der Waals surface area contributed by atoms with Crippen LogP contribution in [0.3, 0.4) is 0 Å². The molecule has 1 saturated heterocycles. The quantitative estimate of drug-likeness (QED) is 0.875. The third-order valence-corrected chi connectivity index (χ3v) is 4.49. The summed E-state index contributed by atoms with van der Waals surface area (Å²) in [6, 6.07) is 5.75. The highest BCUT2D eigenvalue weighted by Crippen LogP contribution is 2.23. The van der Waals surface area contributed by atoms with Crippen LogP contribution in [0.4, 0.5) is 0 Å². The monoisotopic (exact) mass is 330 g/mol. The molecule has 2 N–H and O–H groups in total. The van der Waals surface area contributed by atoms with Gasteiger partial charge in [0, 0.05) is 22.1 Å². The van der Waals surface area contributed by atoms with E-state index >= 15 is 0 Å². The van der Waals surface area contributed by atoms with Crippen molar-refractivity contribution in [1.29, 1.82) is 0 Å². The zero-order valence-electron chi connectivity index (χ0n) is 10.2. The molecule has 0 radical (unpaired) electrons. The fourth-order valence-electron chi connectivity index (χ4n) is 2.13. The summed E-state index contributed by atoms with van der Waals surface area (Å²) in [5, 5.41) is 6.97. The van der Waals surface area contributed by atoms with Gasteiger partial charge >= 0.3 is 0 Å². The lowest BCUT2D eigenvalue weighted by molar-refractivity contribution is 0.0920. The highest BCUT2D eigenvalue weighted by atomic mass is 79.9. The first kappa shape index (κ1) is 13.8. The first-order valence-electron chi connectivity index (χ1n) is 6.07. The number of piperidine rings is 1. The van der Waals surface area contributed by atoms with Crippen molar-refractivity contribution in [1.82, 2.24) is 10.6 Å². The van der Waals surface area contributed by atoms with Gasteiger partial charge in [0.15, 0.2) is 0 Å². The molecule has 5 heteroatoms. The highest BCUT2D eigenvalue weighted by molar-refractivity contribution is 9.10. The van der Waals surface area contributed by atoms with Crippen LogP contribution in [0.15, 0.2) is 22.7 Å². The first-order chi connectivity index (χ1) is 8.58. The molecular formula is C13H16BrClN2O. The lowest BCUT2D eigenvalue weighted by Crippen LogP contribution is -2.51. The Bertz CT molecular complexity index is 453. The van der Waals surface area contributed by atoms with Crippen LogP contribution in [-0.2, 0) is 0 Å². The third-order valence-electron chi connectivity index (χ3n) is 3.26. The van der Waals surface area contributed by atoms with Crippen molar-refractivity contribution in [3.05, 3.63) is 33.3 Å². The van der Waals surface area contributed by atoms with Crippen molar-refractivity contribution >= 4 is 33.4 Å². The molecule has 1 aliphatic rings. The average molecular weight is 332 g/mol. The van der Waals surface area contributed by atoms with Gasteiger partial charge in [0.25, 0.3) is 5.91 Å². The number of carbonyl (C=O) groups is 1. The van der Waals surface area contributed by atoms with E-state index in [1.165, 1.54) is 0 Å². The van der Waals surface area contributed by atoms with Crippen LogP contribution in [0.25, 0.3) is 0 Å². The van der Waals surface area contributed by atoms with E-state index in [0.717, 1.165) is 23.9 Å². The molecule has 1 aromatic rings. The summed E-state index contributed by atoms with van der Waals surface area (Å²) < 4.78 is 0.799. The zero-order valence-corrected chi connectivity index (χ0v) is 12.5. The summed E-state index contributed by atoms with van der Waals surface area (Å²) in [5.74, 6) is -0.0649. The van der Waals surface area contributed by atoms with Crippen LogP contribution in [0, 0.1) is 0 Å². The standard InChI is InChI=1S/C13H16BrClN2O/c1-8-12(3-2-6-16-8)17-13(18)9-4-5-10(14)11(15)7-9/h4-5,7-8,12,16H,2-3,6H2,1H3,(H,17,18). The number of nitrogens with one attached hydrogen (secondary N) is 2. The normalized spacial score (nSPS) is 23.7. The molecule has 3 nitrogen and oxygen atoms in total. The molecule has 0 spiro atoms. The Balaban J connectivity index is 2.04. The zero-order chi connectivity index (χ0) is 13.1. The van der Waals surface area contributed by atoms with Crippen LogP contribution in [-0.4, -0.2) is 24.5 Å². The second-order valence-corrected chi connectivity index (χ2v) is 5.86. The van der Waals surface area contributed by atoms with Gasteiger partial charge in [-0.15, -0.1) is 0 Å². The maximum atomic E-state index is 12.1. The maximum absolute atomic E-state index is 12.1. The van der Waals surface area contributed by atoms with E-state index in [4.69, 9.17) is 11.6 Å². The van der Waals surface area contributed by atoms with E-state index in [9.17, 15) is 4.79 Å². The van der Waals surface area contributed by atoms with Crippen molar-refractivity contribution in [2.45, 2.75) is 31.8 Å². The Hall–Kier alpha value is -0.580. The van der Waals surface area contributed by atoms with Gasteiger partial charge in [-0.25, -0.2) is 0 Å². The van der Waals surface area contributed by atoms with E-state index in [2.05, 4.69) is 33.5 Å². The van der Waals surface area contributed by atoms with Crippen molar-refractivity contribution in [3.63, 3.8) is 0 Å². The minimum atomic E-state index is -0.0649. The molecule has 2 rings (SSSR count). The van der Waals surface area contributed by atoms with Gasteiger partial charge in [-0.1, -0.05) is 11.6 Å². The molecule has 1 aromatic carbocycles. The Morgan fingerprint density at radius 2 is 2.33 bits per heavy atom. The number of benzene rings is 1. The smallest absolute Gasteiger partial charge is 0.251 e. The Labute approximate surface area is 120 Å². The Morgan fingerprint density at radius 1 is 1.56 bits per heavy atom. The van der Waals surface area contributed by atoms with E-state index in [1.54, 1.807) is 18.2 Å². The van der Waals surface area contributed by atoms with Crippen molar-refractivity contribution < 1.29 is 4.79 Å². The lowest BCUT2D eigenvalue weighted by atomic mass is 9.99. The van der Waals surface area contributed by atoms with E-state index in [1.807, 2.05) is 0 Å². The molecule has 0 bridgehead atoms.